The highest BCUT2D eigenvalue weighted by Gasteiger charge is 2.28. The van der Waals surface area contributed by atoms with Gasteiger partial charge in [-0.15, -0.1) is 0 Å². The third-order valence-electron chi connectivity index (χ3n) is 3.94. The van der Waals surface area contributed by atoms with Crippen molar-refractivity contribution in [2.75, 3.05) is 32.8 Å². The van der Waals surface area contributed by atoms with Gasteiger partial charge in [0.15, 0.2) is 0 Å². The molecule has 0 spiro atoms. The molecular weight excluding hydrogens is 236 g/mol. The van der Waals surface area contributed by atoms with Crippen LogP contribution < -0.4 is 5.32 Å². The normalized spacial score (nSPS) is 22.4. The fraction of sp³-hybridized carbons (Fsp3) is 0.625. The number of ether oxygens (including phenoxy) is 1. The largest absolute Gasteiger partial charge is 0.374 e. The maximum Gasteiger partial charge on any atom is 0.0897 e. The van der Waals surface area contributed by atoms with Gasteiger partial charge in [-0.25, -0.2) is 0 Å². The molecular formula is C16H26N2O. The SMILES string of the molecule is CCNC(c1ccccc1C)C1CN(CC)CCO1. The summed E-state index contributed by atoms with van der Waals surface area (Å²) < 4.78 is 6.03. The Bertz CT molecular complexity index is 394. The van der Waals surface area contributed by atoms with E-state index in [0.29, 0.717) is 6.04 Å². The lowest BCUT2D eigenvalue weighted by Gasteiger charge is -2.37. The van der Waals surface area contributed by atoms with Crippen LogP contribution in [0.5, 0.6) is 0 Å². The average molecular weight is 262 g/mol. The number of benzene rings is 1. The molecule has 2 atom stereocenters. The van der Waals surface area contributed by atoms with Gasteiger partial charge in [0.2, 0.25) is 0 Å². The third kappa shape index (κ3) is 3.56. The Hall–Kier alpha value is -0.900. The summed E-state index contributed by atoms with van der Waals surface area (Å²) in [5.41, 5.74) is 2.71. The summed E-state index contributed by atoms with van der Waals surface area (Å²) in [6.45, 7) is 11.5. The van der Waals surface area contributed by atoms with Crippen LogP contribution in [0.1, 0.15) is 31.0 Å². The number of hydrogen-bond acceptors (Lipinski definition) is 3. The van der Waals surface area contributed by atoms with E-state index in [2.05, 4.69) is 55.3 Å². The molecule has 1 saturated heterocycles. The number of hydrogen-bond donors (Lipinski definition) is 1. The fourth-order valence-corrected chi connectivity index (χ4v) is 2.82. The second-order valence-electron chi connectivity index (χ2n) is 5.19. The lowest BCUT2D eigenvalue weighted by atomic mass is 9.96. The van der Waals surface area contributed by atoms with E-state index in [1.54, 1.807) is 0 Å². The fourth-order valence-electron chi connectivity index (χ4n) is 2.82. The summed E-state index contributed by atoms with van der Waals surface area (Å²) >= 11 is 0. The van der Waals surface area contributed by atoms with Gasteiger partial charge in [-0.1, -0.05) is 38.1 Å². The molecule has 1 fully saturated rings. The summed E-state index contributed by atoms with van der Waals surface area (Å²) in [5, 5.41) is 3.60. The molecule has 1 N–H and O–H groups in total. The molecule has 2 rings (SSSR count). The van der Waals surface area contributed by atoms with Crippen LogP contribution >= 0.6 is 0 Å². The van der Waals surface area contributed by atoms with Crippen LogP contribution in [0.4, 0.5) is 0 Å². The second kappa shape index (κ2) is 7.04. The number of nitrogens with one attached hydrogen (secondary N) is 1. The van der Waals surface area contributed by atoms with Gasteiger partial charge >= 0.3 is 0 Å². The monoisotopic (exact) mass is 262 g/mol. The van der Waals surface area contributed by atoms with E-state index in [9.17, 15) is 0 Å². The van der Waals surface area contributed by atoms with E-state index in [1.807, 2.05) is 0 Å². The predicted octanol–water partition coefficient (Wildman–Crippen LogP) is 2.37. The Morgan fingerprint density at radius 1 is 1.37 bits per heavy atom. The second-order valence-corrected chi connectivity index (χ2v) is 5.19. The number of aryl methyl sites for hydroxylation is 1. The standard InChI is InChI=1S/C16H26N2O/c1-4-17-16(14-9-7-6-8-13(14)3)15-12-18(5-2)10-11-19-15/h6-9,15-17H,4-5,10-12H2,1-3H3. The molecule has 0 saturated carbocycles. The maximum absolute atomic E-state index is 6.03. The van der Waals surface area contributed by atoms with Crippen molar-refractivity contribution in [1.82, 2.24) is 10.2 Å². The molecule has 1 aliphatic rings. The van der Waals surface area contributed by atoms with Crippen molar-refractivity contribution in [2.45, 2.75) is 32.9 Å². The van der Waals surface area contributed by atoms with Crippen LogP contribution in [0.15, 0.2) is 24.3 Å². The van der Waals surface area contributed by atoms with Gasteiger partial charge in [0, 0.05) is 13.1 Å². The van der Waals surface area contributed by atoms with Gasteiger partial charge in [-0.2, -0.15) is 0 Å². The predicted molar refractivity (Wildman–Crippen MR) is 79.5 cm³/mol. The summed E-state index contributed by atoms with van der Waals surface area (Å²) in [7, 11) is 0. The molecule has 0 bridgehead atoms. The third-order valence-corrected chi connectivity index (χ3v) is 3.94. The molecule has 1 aromatic rings. The number of nitrogens with zero attached hydrogens (tertiary/aromatic N) is 1. The number of rotatable bonds is 5. The van der Waals surface area contributed by atoms with Crippen molar-refractivity contribution in [2.24, 2.45) is 0 Å². The Kier molecular flexibility index (Phi) is 5.37. The van der Waals surface area contributed by atoms with Crippen LogP contribution in [0, 0.1) is 6.92 Å². The average Bonchev–Trinajstić information content (AvgIpc) is 2.46. The van der Waals surface area contributed by atoms with E-state index >= 15 is 0 Å². The smallest absolute Gasteiger partial charge is 0.0897 e. The van der Waals surface area contributed by atoms with Gasteiger partial charge in [0.25, 0.3) is 0 Å². The quantitative estimate of drug-likeness (QED) is 0.881. The first-order valence-corrected chi connectivity index (χ1v) is 7.39. The van der Waals surface area contributed by atoms with E-state index in [4.69, 9.17) is 4.74 Å². The Balaban J connectivity index is 2.17. The molecule has 0 radical (unpaired) electrons. The molecule has 1 aliphatic heterocycles. The van der Waals surface area contributed by atoms with Crippen LogP contribution in [-0.4, -0.2) is 43.8 Å². The lowest BCUT2D eigenvalue weighted by Crippen LogP contribution is -2.48. The van der Waals surface area contributed by atoms with Gasteiger partial charge < -0.3 is 10.1 Å². The summed E-state index contributed by atoms with van der Waals surface area (Å²) in [5.74, 6) is 0. The molecule has 0 aliphatic carbocycles. The Morgan fingerprint density at radius 3 is 2.84 bits per heavy atom. The van der Waals surface area contributed by atoms with Crippen LogP contribution in [0.25, 0.3) is 0 Å². The zero-order valence-electron chi connectivity index (χ0n) is 12.4. The minimum absolute atomic E-state index is 0.245. The van der Waals surface area contributed by atoms with E-state index in [1.165, 1.54) is 11.1 Å². The molecule has 19 heavy (non-hydrogen) atoms. The lowest BCUT2D eigenvalue weighted by molar-refractivity contribution is -0.0454. The molecule has 3 nitrogen and oxygen atoms in total. The first kappa shape index (κ1) is 14.5. The molecule has 0 aromatic heterocycles. The van der Waals surface area contributed by atoms with Gasteiger partial charge in [-0.05, 0) is 31.1 Å². The van der Waals surface area contributed by atoms with Crippen molar-refractivity contribution < 1.29 is 4.74 Å². The highest BCUT2D eigenvalue weighted by Crippen LogP contribution is 2.25. The molecule has 3 heteroatoms. The van der Waals surface area contributed by atoms with E-state index in [0.717, 1.165) is 32.8 Å². The zero-order chi connectivity index (χ0) is 13.7. The Morgan fingerprint density at radius 2 is 2.16 bits per heavy atom. The van der Waals surface area contributed by atoms with Crippen molar-refractivity contribution in [3.63, 3.8) is 0 Å². The topological polar surface area (TPSA) is 24.5 Å². The van der Waals surface area contributed by atoms with E-state index < -0.39 is 0 Å². The highest BCUT2D eigenvalue weighted by atomic mass is 16.5. The Labute approximate surface area is 116 Å². The van der Waals surface area contributed by atoms with Crippen molar-refractivity contribution in [3.8, 4) is 0 Å². The minimum atomic E-state index is 0.245. The van der Waals surface area contributed by atoms with Gasteiger partial charge in [0.1, 0.15) is 0 Å². The van der Waals surface area contributed by atoms with Crippen molar-refractivity contribution in [3.05, 3.63) is 35.4 Å². The number of likely N-dealkylation sites (N-methyl/N-ethyl adjacent to an activating group) is 2. The molecule has 1 heterocycles. The molecule has 0 amide bonds. The van der Waals surface area contributed by atoms with Crippen LogP contribution in [0.2, 0.25) is 0 Å². The summed E-state index contributed by atoms with van der Waals surface area (Å²) in [4.78, 5) is 2.47. The van der Waals surface area contributed by atoms with Crippen molar-refractivity contribution >= 4 is 0 Å². The summed E-state index contributed by atoms with van der Waals surface area (Å²) in [6.07, 6.45) is 0.245. The van der Waals surface area contributed by atoms with Crippen LogP contribution in [0.3, 0.4) is 0 Å². The van der Waals surface area contributed by atoms with Crippen LogP contribution in [-0.2, 0) is 4.74 Å². The maximum atomic E-state index is 6.03. The number of morpholine rings is 1. The highest BCUT2D eigenvalue weighted by molar-refractivity contribution is 5.29. The van der Waals surface area contributed by atoms with Gasteiger partial charge in [-0.3, -0.25) is 4.90 Å². The zero-order valence-corrected chi connectivity index (χ0v) is 12.4. The minimum Gasteiger partial charge on any atom is -0.374 e. The van der Waals surface area contributed by atoms with Crippen molar-refractivity contribution in [1.29, 1.82) is 0 Å². The first-order chi connectivity index (χ1) is 9.26. The summed E-state index contributed by atoms with van der Waals surface area (Å²) in [6, 6.07) is 8.91. The molecule has 2 unspecified atom stereocenters. The van der Waals surface area contributed by atoms with Gasteiger partial charge in [0.05, 0.1) is 18.8 Å². The molecule has 106 valence electrons. The first-order valence-electron chi connectivity index (χ1n) is 7.39. The van der Waals surface area contributed by atoms with E-state index in [-0.39, 0.29) is 6.10 Å². The molecule has 1 aromatic carbocycles.